The lowest BCUT2D eigenvalue weighted by Crippen LogP contribution is -1.49. The molecule has 0 N–H and O–H groups in total. The van der Waals surface area contributed by atoms with Gasteiger partial charge in [-0.15, -0.1) is 0 Å². The van der Waals surface area contributed by atoms with Crippen molar-refractivity contribution in [3.05, 3.63) is 30.6 Å². The summed E-state index contributed by atoms with van der Waals surface area (Å²) < 4.78 is 4.80. The molecule has 0 aliphatic heterocycles. The van der Waals surface area contributed by atoms with Crippen LogP contribution in [0, 0.1) is 0 Å². The zero-order valence-corrected chi connectivity index (χ0v) is 5.15. The molecule has 42 valence electrons. The SMILES string of the molecule is C=CSc1ccoc1. The van der Waals surface area contributed by atoms with Crippen molar-refractivity contribution in [2.75, 3.05) is 0 Å². The molecular weight excluding hydrogens is 120 g/mol. The van der Waals surface area contributed by atoms with E-state index in [1.54, 1.807) is 29.7 Å². The molecule has 2 heteroatoms. The summed E-state index contributed by atoms with van der Waals surface area (Å²) in [7, 11) is 0. The van der Waals surface area contributed by atoms with Crippen LogP contribution in [0.4, 0.5) is 0 Å². The fraction of sp³-hybridized carbons (Fsp3) is 0. The molecule has 1 nitrogen and oxygen atoms in total. The largest absolute Gasteiger partial charge is 0.471 e. The predicted octanol–water partition coefficient (Wildman–Crippen LogP) is 2.52. The fourth-order valence-corrected chi connectivity index (χ4v) is 0.853. The first-order valence-electron chi connectivity index (χ1n) is 2.23. The van der Waals surface area contributed by atoms with Gasteiger partial charge >= 0.3 is 0 Å². The average molecular weight is 126 g/mol. The topological polar surface area (TPSA) is 13.1 Å². The Morgan fingerprint density at radius 1 is 1.75 bits per heavy atom. The first-order valence-corrected chi connectivity index (χ1v) is 3.11. The molecule has 0 aliphatic rings. The van der Waals surface area contributed by atoms with Crippen molar-refractivity contribution >= 4 is 11.8 Å². The summed E-state index contributed by atoms with van der Waals surface area (Å²) in [5.41, 5.74) is 0. The fourth-order valence-electron chi connectivity index (χ4n) is 0.415. The van der Waals surface area contributed by atoms with Crippen molar-refractivity contribution in [3.63, 3.8) is 0 Å². The maximum absolute atomic E-state index is 4.80. The van der Waals surface area contributed by atoms with Gasteiger partial charge in [-0.3, -0.25) is 0 Å². The van der Waals surface area contributed by atoms with Crippen LogP contribution >= 0.6 is 11.8 Å². The normalized spacial score (nSPS) is 9.00. The minimum atomic E-state index is 1.10. The van der Waals surface area contributed by atoms with Gasteiger partial charge in [-0.1, -0.05) is 18.3 Å². The molecule has 0 fully saturated rings. The molecule has 0 amide bonds. The van der Waals surface area contributed by atoms with E-state index in [1.165, 1.54) is 0 Å². The van der Waals surface area contributed by atoms with Crippen LogP contribution in [0.3, 0.4) is 0 Å². The van der Waals surface area contributed by atoms with Crippen LogP contribution in [-0.2, 0) is 0 Å². The zero-order chi connectivity index (χ0) is 5.82. The van der Waals surface area contributed by atoms with Gasteiger partial charge in [-0.05, 0) is 11.5 Å². The second kappa shape index (κ2) is 2.62. The first kappa shape index (κ1) is 5.51. The second-order valence-electron chi connectivity index (χ2n) is 1.24. The summed E-state index contributed by atoms with van der Waals surface area (Å²) in [5.74, 6) is 0. The molecule has 1 aromatic heterocycles. The van der Waals surface area contributed by atoms with Crippen molar-refractivity contribution in [1.82, 2.24) is 0 Å². The molecule has 0 saturated carbocycles. The van der Waals surface area contributed by atoms with Gasteiger partial charge < -0.3 is 4.42 Å². The Balaban J connectivity index is 2.62. The molecule has 0 bridgehead atoms. The van der Waals surface area contributed by atoms with E-state index >= 15 is 0 Å². The highest BCUT2D eigenvalue weighted by Gasteiger charge is 1.86. The Labute approximate surface area is 52.4 Å². The van der Waals surface area contributed by atoms with E-state index in [4.69, 9.17) is 4.42 Å². The third-order valence-corrected chi connectivity index (χ3v) is 1.39. The number of thioether (sulfide) groups is 1. The molecule has 0 spiro atoms. The van der Waals surface area contributed by atoms with E-state index in [2.05, 4.69) is 6.58 Å². The Morgan fingerprint density at radius 3 is 3.12 bits per heavy atom. The maximum atomic E-state index is 4.80. The van der Waals surface area contributed by atoms with Crippen molar-refractivity contribution in [1.29, 1.82) is 0 Å². The van der Waals surface area contributed by atoms with E-state index in [0.717, 1.165) is 4.90 Å². The van der Waals surface area contributed by atoms with Crippen LogP contribution in [0.1, 0.15) is 0 Å². The lowest BCUT2D eigenvalue weighted by molar-refractivity contribution is 0.562. The van der Waals surface area contributed by atoms with Gasteiger partial charge in [-0.2, -0.15) is 0 Å². The molecule has 1 rings (SSSR count). The van der Waals surface area contributed by atoms with Gasteiger partial charge in [0.25, 0.3) is 0 Å². The van der Waals surface area contributed by atoms with Gasteiger partial charge in [0, 0.05) is 4.90 Å². The minimum absolute atomic E-state index is 1.10. The number of hydrogen-bond donors (Lipinski definition) is 0. The van der Waals surface area contributed by atoms with E-state index in [0.29, 0.717) is 0 Å². The quantitative estimate of drug-likeness (QED) is 0.565. The number of furan rings is 1. The Bertz CT molecular complexity index is 155. The molecule has 1 heterocycles. The summed E-state index contributed by atoms with van der Waals surface area (Å²) in [6, 6.07) is 1.90. The molecule has 1 aromatic rings. The molecule has 8 heavy (non-hydrogen) atoms. The van der Waals surface area contributed by atoms with Gasteiger partial charge in [0.2, 0.25) is 0 Å². The first-order chi connectivity index (χ1) is 3.93. The van der Waals surface area contributed by atoms with Crippen LogP contribution in [0.2, 0.25) is 0 Å². The lowest BCUT2D eigenvalue weighted by Gasteiger charge is -1.79. The Morgan fingerprint density at radius 2 is 2.62 bits per heavy atom. The third kappa shape index (κ3) is 1.17. The average Bonchev–Trinajstić information content (AvgIpc) is 2.19. The van der Waals surface area contributed by atoms with Crippen LogP contribution in [0.15, 0.2) is 39.9 Å². The van der Waals surface area contributed by atoms with E-state index in [-0.39, 0.29) is 0 Å². The van der Waals surface area contributed by atoms with E-state index in [1.807, 2.05) is 6.07 Å². The van der Waals surface area contributed by atoms with E-state index in [9.17, 15) is 0 Å². The van der Waals surface area contributed by atoms with Crippen molar-refractivity contribution in [2.24, 2.45) is 0 Å². The molecule has 0 aliphatic carbocycles. The van der Waals surface area contributed by atoms with Crippen molar-refractivity contribution in [3.8, 4) is 0 Å². The van der Waals surface area contributed by atoms with Crippen molar-refractivity contribution < 1.29 is 4.42 Å². The highest BCUT2D eigenvalue weighted by atomic mass is 32.2. The van der Waals surface area contributed by atoms with Gasteiger partial charge in [0.1, 0.15) is 6.26 Å². The van der Waals surface area contributed by atoms with Gasteiger partial charge in [-0.25, -0.2) is 0 Å². The smallest absolute Gasteiger partial charge is 0.104 e. The summed E-state index contributed by atoms with van der Waals surface area (Å²) in [6.45, 7) is 3.56. The second-order valence-corrected chi connectivity index (χ2v) is 2.28. The van der Waals surface area contributed by atoms with Crippen LogP contribution in [0.5, 0.6) is 0 Å². The van der Waals surface area contributed by atoms with Crippen LogP contribution in [0.25, 0.3) is 0 Å². The van der Waals surface area contributed by atoms with Gasteiger partial charge in [0.15, 0.2) is 0 Å². The number of rotatable bonds is 2. The predicted molar refractivity (Wildman–Crippen MR) is 34.8 cm³/mol. The highest BCUT2D eigenvalue weighted by molar-refractivity contribution is 8.02. The highest BCUT2D eigenvalue weighted by Crippen LogP contribution is 2.17. The molecule has 0 radical (unpaired) electrons. The molecule has 0 unspecified atom stereocenters. The van der Waals surface area contributed by atoms with Crippen LogP contribution in [-0.4, -0.2) is 0 Å². The number of hydrogen-bond acceptors (Lipinski definition) is 2. The van der Waals surface area contributed by atoms with Crippen LogP contribution < -0.4 is 0 Å². The standard InChI is InChI=1S/C6H6OS/c1-2-8-6-3-4-7-5-6/h2-5H,1H2. The Hall–Kier alpha value is -0.630. The maximum Gasteiger partial charge on any atom is 0.104 e. The van der Waals surface area contributed by atoms with Crippen molar-refractivity contribution in [2.45, 2.75) is 4.90 Å². The summed E-state index contributed by atoms with van der Waals surface area (Å²) in [5, 5.41) is 1.77. The van der Waals surface area contributed by atoms with E-state index < -0.39 is 0 Å². The molecule has 0 aromatic carbocycles. The third-order valence-electron chi connectivity index (χ3n) is 0.714. The van der Waals surface area contributed by atoms with Gasteiger partial charge in [0.05, 0.1) is 6.26 Å². The monoisotopic (exact) mass is 126 g/mol. The molecular formula is C6H6OS. The summed E-state index contributed by atoms with van der Waals surface area (Å²) in [4.78, 5) is 1.10. The molecule has 0 atom stereocenters. The molecule has 0 saturated heterocycles. The lowest BCUT2D eigenvalue weighted by atomic mass is 10.7. The Kier molecular flexibility index (Phi) is 1.80. The minimum Gasteiger partial charge on any atom is -0.471 e. The zero-order valence-electron chi connectivity index (χ0n) is 4.33. The summed E-state index contributed by atoms with van der Waals surface area (Å²) >= 11 is 1.55. The summed E-state index contributed by atoms with van der Waals surface area (Å²) in [6.07, 6.45) is 3.33.